The van der Waals surface area contributed by atoms with Gasteiger partial charge in [-0.2, -0.15) is 0 Å². The fourth-order valence-electron chi connectivity index (χ4n) is 3.11. The first-order valence-electron chi connectivity index (χ1n) is 9.03. The quantitative estimate of drug-likeness (QED) is 0.747. The summed E-state index contributed by atoms with van der Waals surface area (Å²) < 4.78 is 25.8. The van der Waals surface area contributed by atoms with E-state index in [1.165, 1.54) is 35.6 Å². The van der Waals surface area contributed by atoms with E-state index >= 15 is 0 Å². The van der Waals surface area contributed by atoms with Crippen LogP contribution < -0.4 is 10.0 Å². The van der Waals surface area contributed by atoms with Crippen molar-refractivity contribution in [1.82, 2.24) is 9.62 Å². The van der Waals surface area contributed by atoms with Crippen LogP contribution >= 0.6 is 11.3 Å². The molecular formula is C19H21N3O5S2. The molecule has 1 saturated heterocycles. The molecule has 0 spiro atoms. The molecule has 8 nitrogen and oxygen atoms in total. The number of thiophene rings is 1. The number of benzene rings is 1. The molecule has 1 aliphatic rings. The van der Waals surface area contributed by atoms with Gasteiger partial charge in [0.2, 0.25) is 11.8 Å². The molecule has 0 unspecified atom stereocenters. The van der Waals surface area contributed by atoms with Crippen LogP contribution in [0.4, 0.5) is 5.69 Å². The molecular weight excluding hydrogens is 414 g/mol. The van der Waals surface area contributed by atoms with E-state index < -0.39 is 15.9 Å². The Kier molecular flexibility index (Phi) is 6.33. The summed E-state index contributed by atoms with van der Waals surface area (Å²) in [7, 11) is -3.91. The number of rotatable bonds is 5. The van der Waals surface area contributed by atoms with Crippen LogP contribution in [-0.4, -0.2) is 44.1 Å². The molecule has 3 rings (SSSR count). The van der Waals surface area contributed by atoms with E-state index in [2.05, 4.69) is 5.32 Å². The number of likely N-dealkylation sites (tertiary alicyclic amines) is 1. The van der Waals surface area contributed by atoms with Crippen LogP contribution in [0.15, 0.2) is 46.7 Å². The van der Waals surface area contributed by atoms with Crippen LogP contribution in [0.3, 0.4) is 0 Å². The number of piperidine rings is 1. The van der Waals surface area contributed by atoms with Crippen LogP contribution in [0.5, 0.6) is 0 Å². The van der Waals surface area contributed by atoms with E-state index in [9.17, 15) is 22.8 Å². The van der Waals surface area contributed by atoms with E-state index in [-0.39, 0.29) is 22.6 Å². The number of carbonyl (C=O) groups excluding carboxylic acids is 3. The van der Waals surface area contributed by atoms with Crippen LogP contribution in [-0.2, 0) is 19.6 Å². The smallest absolute Gasteiger partial charge is 0.264 e. The van der Waals surface area contributed by atoms with E-state index in [1.54, 1.807) is 11.0 Å². The zero-order chi connectivity index (χ0) is 21.0. The Hall–Kier alpha value is -2.72. The molecule has 2 heterocycles. The molecule has 10 heteroatoms. The third-order valence-corrected chi connectivity index (χ3v) is 6.90. The van der Waals surface area contributed by atoms with Gasteiger partial charge in [-0.05, 0) is 48.6 Å². The summed E-state index contributed by atoms with van der Waals surface area (Å²) in [4.78, 5) is 38.3. The van der Waals surface area contributed by atoms with E-state index in [4.69, 9.17) is 0 Å². The Morgan fingerprint density at radius 3 is 2.28 bits per heavy atom. The maximum absolute atomic E-state index is 12.5. The summed E-state index contributed by atoms with van der Waals surface area (Å²) >= 11 is 1.40. The Labute approximate surface area is 173 Å². The molecule has 154 valence electrons. The first kappa shape index (κ1) is 21.0. The van der Waals surface area contributed by atoms with E-state index in [0.29, 0.717) is 36.5 Å². The van der Waals surface area contributed by atoms with Gasteiger partial charge in [0.05, 0.1) is 9.77 Å². The van der Waals surface area contributed by atoms with Crippen molar-refractivity contribution >= 4 is 44.8 Å². The zero-order valence-electron chi connectivity index (χ0n) is 15.8. The van der Waals surface area contributed by atoms with Gasteiger partial charge in [-0.15, -0.1) is 11.3 Å². The first-order valence-corrected chi connectivity index (χ1v) is 11.4. The third kappa shape index (κ3) is 5.21. The van der Waals surface area contributed by atoms with Crippen molar-refractivity contribution < 1.29 is 22.8 Å². The molecule has 1 fully saturated rings. The Bertz CT molecular complexity index is 993. The molecule has 0 radical (unpaired) electrons. The average molecular weight is 436 g/mol. The van der Waals surface area contributed by atoms with Gasteiger partial charge in [0.25, 0.3) is 15.9 Å². The van der Waals surface area contributed by atoms with Crippen molar-refractivity contribution in [3.05, 3.63) is 46.7 Å². The second-order valence-electron chi connectivity index (χ2n) is 6.72. The highest BCUT2D eigenvalue weighted by Crippen LogP contribution is 2.23. The summed E-state index contributed by atoms with van der Waals surface area (Å²) in [6, 6.07) is 9.23. The molecule has 2 aromatic rings. The van der Waals surface area contributed by atoms with Crippen molar-refractivity contribution in [1.29, 1.82) is 0 Å². The highest BCUT2D eigenvalue weighted by molar-refractivity contribution is 7.90. The predicted molar refractivity (Wildman–Crippen MR) is 109 cm³/mol. The number of amides is 3. The lowest BCUT2D eigenvalue weighted by Gasteiger charge is -2.31. The number of carbonyl (C=O) groups is 3. The van der Waals surface area contributed by atoms with Crippen molar-refractivity contribution in [2.75, 3.05) is 18.4 Å². The zero-order valence-corrected chi connectivity index (χ0v) is 17.4. The fourth-order valence-corrected chi connectivity index (χ4v) is 4.79. The minimum atomic E-state index is -3.91. The molecule has 0 saturated carbocycles. The highest BCUT2D eigenvalue weighted by atomic mass is 32.2. The fraction of sp³-hybridized carbons (Fsp3) is 0.316. The second-order valence-corrected chi connectivity index (χ2v) is 9.35. The molecule has 0 aliphatic carbocycles. The van der Waals surface area contributed by atoms with Gasteiger partial charge in [0.15, 0.2) is 0 Å². The van der Waals surface area contributed by atoms with Gasteiger partial charge in [-0.3, -0.25) is 14.4 Å². The standard InChI is InChI=1S/C19H21N3O5S2/c1-13(23)21-29(26,27)16-6-4-15(5-7-16)20-18(24)14-8-10-22(11-9-14)19(25)17-3-2-12-28-17/h2-7,12,14H,8-11H2,1H3,(H,20,24)(H,21,23). The third-order valence-electron chi connectivity index (χ3n) is 4.60. The Morgan fingerprint density at radius 2 is 1.72 bits per heavy atom. The average Bonchev–Trinajstić information content (AvgIpc) is 3.22. The largest absolute Gasteiger partial charge is 0.338 e. The van der Waals surface area contributed by atoms with Gasteiger partial charge in [-0.25, -0.2) is 13.1 Å². The topological polar surface area (TPSA) is 113 Å². The summed E-state index contributed by atoms with van der Waals surface area (Å²) in [5.41, 5.74) is 0.467. The molecule has 1 aromatic carbocycles. The molecule has 0 bridgehead atoms. The SMILES string of the molecule is CC(=O)NS(=O)(=O)c1ccc(NC(=O)C2CCN(C(=O)c3cccs3)CC2)cc1. The predicted octanol–water partition coefficient (Wildman–Crippen LogP) is 2.06. The Morgan fingerprint density at radius 1 is 1.07 bits per heavy atom. The normalized spacial score (nSPS) is 15.0. The number of nitrogens with one attached hydrogen (secondary N) is 2. The van der Waals surface area contributed by atoms with Crippen molar-refractivity contribution in [2.45, 2.75) is 24.7 Å². The van der Waals surface area contributed by atoms with Crippen molar-refractivity contribution in [3.8, 4) is 0 Å². The molecule has 1 aromatic heterocycles. The number of anilines is 1. The summed E-state index contributed by atoms with van der Waals surface area (Å²) in [5.74, 6) is -1.06. The lowest BCUT2D eigenvalue weighted by atomic mass is 9.95. The highest BCUT2D eigenvalue weighted by Gasteiger charge is 2.28. The maximum atomic E-state index is 12.5. The second kappa shape index (κ2) is 8.75. The van der Waals surface area contributed by atoms with Gasteiger partial charge in [0, 0.05) is 31.6 Å². The van der Waals surface area contributed by atoms with Crippen molar-refractivity contribution in [2.24, 2.45) is 5.92 Å². The minimum absolute atomic E-state index is 0.00479. The minimum Gasteiger partial charge on any atom is -0.338 e. The lowest BCUT2D eigenvalue weighted by Crippen LogP contribution is -2.41. The van der Waals surface area contributed by atoms with Crippen LogP contribution in [0.1, 0.15) is 29.4 Å². The van der Waals surface area contributed by atoms with Gasteiger partial charge in [-0.1, -0.05) is 6.07 Å². The summed E-state index contributed by atoms with van der Waals surface area (Å²) in [5, 5.41) is 4.64. The molecule has 0 atom stereocenters. The Balaban J connectivity index is 1.55. The molecule has 3 amide bonds. The number of sulfonamides is 1. The number of hydrogen-bond donors (Lipinski definition) is 2. The van der Waals surface area contributed by atoms with Crippen molar-refractivity contribution in [3.63, 3.8) is 0 Å². The molecule has 2 N–H and O–H groups in total. The van der Waals surface area contributed by atoms with E-state index in [1.807, 2.05) is 16.2 Å². The van der Waals surface area contributed by atoms with E-state index in [0.717, 1.165) is 6.92 Å². The maximum Gasteiger partial charge on any atom is 0.264 e. The first-order chi connectivity index (χ1) is 13.8. The summed E-state index contributed by atoms with van der Waals surface area (Å²) in [6.07, 6.45) is 1.13. The van der Waals surface area contributed by atoms with Gasteiger partial charge < -0.3 is 10.2 Å². The summed E-state index contributed by atoms with van der Waals surface area (Å²) in [6.45, 7) is 2.15. The molecule has 29 heavy (non-hydrogen) atoms. The van der Waals surface area contributed by atoms with Crippen LogP contribution in [0, 0.1) is 5.92 Å². The monoisotopic (exact) mass is 435 g/mol. The lowest BCUT2D eigenvalue weighted by molar-refractivity contribution is -0.121. The van der Waals surface area contributed by atoms with Crippen LogP contribution in [0.2, 0.25) is 0 Å². The number of nitrogens with zero attached hydrogens (tertiary/aromatic N) is 1. The number of hydrogen-bond acceptors (Lipinski definition) is 6. The van der Waals surface area contributed by atoms with Gasteiger partial charge in [0.1, 0.15) is 0 Å². The van der Waals surface area contributed by atoms with Crippen LogP contribution in [0.25, 0.3) is 0 Å². The molecule has 1 aliphatic heterocycles. The van der Waals surface area contributed by atoms with Gasteiger partial charge >= 0.3 is 0 Å².